The van der Waals surface area contributed by atoms with Crippen LogP contribution < -0.4 is 19.5 Å². The number of fused-ring (bicyclic) bond motifs is 1. The number of nitrogens with one attached hydrogen (secondary N) is 1. The number of hydrogen-bond donors (Lipinski definition) is 1. The Morgan fingerprint density at radius 2 is 2.08 bits per heavy atom. The zero-order valence-electron chi connectivity index (χ0n) is 12.9. The second-order valence-electron chi connectivity index (χ2n) is 5.29. The van der Waals surface area contributed by atoms with Crippen LogP contribution in [0.4, 0.5) is 0 Å². The maximum atomic E-state index is 12.0. The molecule has 126 valence electrons. The highest BCUT2D eigenvalue weighted by Crippen LogP contribution is 2.33. The molecule has 0 spiro atoms. The van der Waals surface area contributed by atoms with Gasteiger partial charge in [-0.2, -0.15) is 0 Å². The summed E-state index contributed by atoms with van der Waals surface area (Å²) >= 11 is 9.49. The van der Waals surface area contributed by atoms with E-state index in [1.807, 2.05) is 31.2 Å². The number of carbonyl (C=O) groups excluding carboxylic acids is 1. The Hall–Kier alpha value is -1.92. The molecule has 1 amide bonds. The van der Waals surface area contributed by atoms with Crippen LogP contribution in [0, 0.1) is 6.92 Å². The van der Waals surface area contributed by atoms with E-state index in [1.165, 1.54) is 0 Å². The van der Waals surface area contributed by atoms with Crippen molar-refractivity contribution in [2.24, 2.45) is 0 Å². The Bertz CT molecular complexity index is 758. The van der Waals surface area contributed by atoms with E-state index < -0.39 is 0 Å². The van der Waals surface area contributed by atoms with Crippen LogP contribution in [0.1, 0.15) is 11.1 Å². The average Bonchev–Trinajstić information content (AvgIpc) is 2.99. The van der Waals surface area contributed by atoms with Gasteiger partial charge in [0.15, 0.2) is 18.1 Å². The van der Waals surface area contributed by atoms with E-state index in [0.29, 0.717) is 28.8 Å². The maximum Gasteiger partial charge on any atom is 0.258 e. The Morgan fingerprint density at radius 1 is 1.29 bits per heavy atom. The molecule has 1 aliphatic heterocycles. The van der Waals surface area contributed by atoms with E-state index in [0.717, 1.165) is 15.6 Å². The molecule has 1 heterocycles. The van der Waals surface area contributed by atoms with Crippen LogP contribution in [0.25, 0.3) is 0 Å². The van der Waals surface area contributed by atoms with Crippen molar-refractivity contribution in [1.82, 2.24) is 5.32 Å². The molecule has 7 heteroatoms. The van der Waals surface area contributed by atoms with Crippen LogP contribution in [0.3, 0.4) is 0 Å². The first-order valence-corrected chi connectivity index (χ1v) is 8.43. The van der Waals surface area contributed by atoms with Crippen LogP contribution >= 0.6 is 27.5 Å². The Morgan fingerprint density at radius 3 is 2.88 bits per heavy atom. The molecule has 0 aliphatic carbocycles. The van der Waals surface area contributed by atoms with Crippen molar-refractivity contribution in [1.29, 1.82) is 0 Å². The fourth-order valence-corrected chi connectivity index (χ4v) is 3.34. The summed E-state index contributed by atoms with van der Waals surface area (Å²) in [7, 11) is 0. The van der Waals surface area contributed by atoms with Crippen molar-refractivity contribution >= 4 is 33.4 Å². The lowest BCUT2D eigenvalue weighted by Gasteiger charge is -2.12. The van der Waals surface area contributed by atoms with Crippen molar-refractivity contribution in [3.63, 3.8) is 0 Å². The lowest BCUT2D eigenvalue weighted by atomic mass is 10.2. The minimum absolute atomic E-state index is 0.104. The highest BCUT2D eigenvalue weighted by atomic mass is 79.9. The number of aryl methyl sites for hydroxylation is 1. The highest BCUT2D eigenvalue weighted by Gasteiger charge is 2.14. The minimum Gasteiger partial charge on any atom is -0.482 e. The van der Waals surface area contributed by atoms with Gasteiger partial charge in [0.2, 0.25) is 6.79 Å². The summed E-state index contributed by atoms with van der Waals surface area (Å²) in [6.07, 6.45) is 0. The van der Waals surface area contributed by atoms with Crippen molar-refractivity contribution in [2.45, 2.75) is 13.5 Å². The van der Waals surface area contributed by atoms with Gasteiger partial charge >= 0.3 is 0 Å². The van der Waals surface area contributed by atoms with E-state index >= 15 is 0 Å². The van der Waals surface area contributed by atoms with E-state index in [2.05, 4.69) is 21.2 Å². The van der Waals surface area contributed by atoms with E-state index in [4.69, 9.17) is 25.8 Å². The van der Waals surface area contributed by atoms with Gasteiger partial charge in [0.1, 0.15) is 5.75 Å². The van der Waals surface area contributed by atoms with Crippen molar-refractivity contribution in [2.75, 3.05) is 13.4 Å². The van der Waals surface area contributed by atoms with Crippen LogP contribution in [0.5, 0.6) is 17.2 Å². The largest absolute Gasteiger partial charge is 0.482 e. The molecule has 0 saturated heterocycles. The Balaban J connectivity index is 1.53. The van der Waals surface area contributed by atoms with Gasteiger partial charge in [-0.05, 0) is 42.3 Å². The summed E-state index contributed by atoms with van der Waals surface area (Å²) in [5.41, 5.74) is 1.78. The van der Waals surface area contributed by atoms with Gasteiger partial charge < -0.3 is 19.5 Å². The number of ether oxygens (including phenoxy) is 3. The van der Waals surface area contributed by atoms with E-state index in [1.54, 1.807) is 6.07 Å². The van der Waals surface area contributed by atoms with Gasteiger partial charge in [0, 0.05) is 11.0 Å². The standard InChI is InChI=1S/C17H15BrClNO4/c1-10-4-12(18)6-13(19)17(10)22-8-16(21)20-7-11-2-3-14-15(5-11)24-9-23-14/h2-6H,7-9H2,1H3,(H,20,21). The molecule has 2 aromatic carbocycles. The molecule has 0 bridgehead atoms. The van der Waals surface area contributed by atoms with Gasteiger partial charge in [-0.15, -0.1) is 0 Å². The third kappa shape index (κ3) is 3.94. The monoisotopic (exact) mass is 411 g/mol. The predicted molar refractivity (Wildman–Crippen MR) is 93.8 cm³/mol. The molecule has 0 saturated carbocycles. The number of hydrogen-bond acceptors (Lipinski definition) is 4. The van der Waals surface area contributed by atoms with Gasteiger partial charge in [-0.3, -0.25) is 4.79 Å². The maximum absolute atomic E-state index is 12.0. The van der Waals surface area contributed by atoms with Gasteiger partial charge in [-0.1, -0.05) is 33.6 Å². The van der Waals surface area contributed by atoms with Crippen LogP contribution in [0.2, 0.25) is 5.02 Å². The first-order valence-electron chi connectivity index (χ1n) is 7.26. The second-order valence-corrected chi connectivity index (χ2v) is 6.61. The summed E-state index contributed by atoms with van der Waals surface area (Å²) in [5.74, 6) is 1.69. The number of halogens is 2. The topological polar surface area (TPSA) is 56.8 Å². The highest BCUT2D eigenvalue weighted by molar-refractivity contribution is 9.10. The van der Waals surface area contributed by atoms with E-state index in [9.17, 15) is 4.79 Å². The number of amides is 1. The molecule has 1 aliphatic rings. The first-order chi connectivity index (χ1) is 11.5. The Kier molecular flexibility index (Phi) is 5.16. The molecule has 1 N–H and O–H groups in total. The SMILES string of the molecule is Cc1cc(Br)cc(Cl)c1OCC(=O)NCc1ccc2c(c1)OCO2. The molecule has 5 nitrogen and oxygen atoms in total. The molecule has 2 aromatic rings. The van der Waals surface area contributed by atoms with Crippen LogP contribution in [-0.2, 0) is 11.3 Å². The van der Waals surface area contributed by atoms with Crippen molar-refractivity contribution in [3.8, 4) is 17.2 Å². The first kappa shape index (κ1) is 16.9. The molecular weight excluding hydrogens is 398 g/mol. The molecule has 3 rings (SSSR count). The third-order valence-corrected chi connectivity index (χ3v) is 4.21. The predicted octanol–water partition coefficient (Wildman–Crippen LogP) is 3.83. The van der Waals surface area contributed by atoms with Gasteiger partial charge in [0.05, 0.1) is 5.02 Å². The summed E-state index contributed by atoms with van der Waals surface area (Å²) in [6.45, 7) is 2.38. The molecule has 0 unspecified atom stereocenters. The molecule has 0 aromatic heterocycles. The minimum atomic E-state index is -0.231. The second kappa shape index (κ2) is 7.32. The van der Waals surface area contributed by atoms with Crippen molar-refractivity contribution in [3.05, 3.63) is 51.0 Å². The average molecular weight is 413 g/mol. The van der Waals surface area contributed by atoms with Gasteiger partial charge in [0.25, 0.3) is 5.91 Å². The Labute approximate surface area is 153 Å². The van der Waals surface area contributed by atoms with Gasteiger partial charge in [-0.25, -0.2) is 0 Å². The molecule has 24 heavy (non-hydrogen) atoms. The molecule has 0 atom stereocenters. The van der Waals surface area contributed by atoms with Crippen molar-refractivity contribution < 1.29 is 19.0 Å². The summed E-state index contributed by atoms with van der Waals surface area (Å²) in [4.78, 5) is 12.0. The summed E-state index contributed by atoms with van der Waals surface area (Å²) < 4.78 is 17.0. The molecule has 0 radical (unpaired) electrons. The zero-order valence-corrected chi connectivity index (χ0v) is 15.2. The van der Waals surface area contributed by atoms with Crippen LogP contribution in [-0.4, -0.2) is 19.3 Å². The lowest BCUT2D eigenvalue weighted by Crippen LogP contribution is -2.28. The third-order valence-electron chi connectivity index (χ3n) is 3.47. The zero-order chi connectivity index (χ0) is 17.1. The number of benzene rings is 2. The normalized spacial score (nSPS) is 12.1. The number of rotatable bonds is 5. The van der Waals surface area contributed by atoms with E-state index in [-0.39, 0.29) is 19.3 Å². The smallest absolute Gasteiger partial charge is 0.258 e. The summed E-state index contributed by atoms with van der Waals surface area (Å²) in [6, 6.07) is 9.16. The fraction of sp³-hybridized carbons (Fsp3) is 0.235. The quantitative estimate of drug-likeness (QED) is 0.811. The summed E-state index contributed by atoms with van der Waals surface area (Å²) in [5, 5.41) is 3.26. The van der Waals surface area contributed by atoms with Crippen LogP contribution in [0.15, 0.2) is 34.8 Å². The lowest BCUT2D eigenvalue weighted by molar-refractivity contribution is -0.123. The number of carbonyl (C=O) groups is 1. The molecule has 0 fully saturated rings. The molecular formula is C17H15BrClNO4. The fourth-order valence-electron chi connectivity index (χ4n) is 2.31.